The standard InChI is InChI=1S/C19H23BrN2O2S/c1-14-6-7-18(17(20)10-14)21-19(23)13-22(11-15-4-2-8-24-15)12-16-5-3-9-25-16/h3,5-7,9-10,15H,2,4,8,11-13H2,1H3,(H,21,23)/t15-/m0/s1. The molecule has 0 unspecified atom stereocenters. The molecule has 1 fully saturated rings. The van der Waals surface area contributed by atoms with Crippen LogP contribution in [-0.4, -0.2) is 36.6 Å². The Kier molecular flexibility index (Phi) is 6.64. The zero-order valence-corrected chi connectivity index (χ0v) is 16.7. The molecule has 0 radical (unpaired) electrons. The summed E-state index contributed by atoms with van der Waals surface area (Å²) in [5.74, 6) is -0.000828. The Labute approximate surface area is 161 Å². The zero-order valence-electron chi connectivity index (χ0n) is 14.3. The Balaban J connectivity index is 1.62. The maximum atomic E-state index is 12.6. The SMILES string of the molecule is Cc1ccc(NC(=O)CN(Cc2cccs2)C[C@@H]2CCCO2)c(Br)c1. The van der Waals surface area contributed by atoms with Gasteiger partial charge in [0.15, 0.2) is 0 Å². The molecule has 2 aromatic rings. The second-order valence-corrected chi connectivity index (χ2v) is 8.30. The van der Waals surface area contributed by atoms with Gasteiger partial charge in [-0.3, -0.25) is 9.69 Å². The molecule has 25 heavy (non-hydrogen) atoms. The van der Waals surface area contributed by atoms with Crippen molar-refractivity contribution in [2.45, 2.75) is 32.4 Å². The van der Waals surface area contributed by atoms with Crippen molar-refractivity contribution in [3.05, 3.63) is 50.6 Å². The molecule has 0 saturated carbocycles. The number of nitrogens with one attached hydrogen (secondary N) is 1. The molecule has 0 aliphatic carbocycles. The van der Waals surface area contributed by atoms with E-state index in [1.54, 1.807) is 11.3 Å². The van der Waals surface area contributed by atoms with Crippen LogP contribution in [0.15, 0.2) is 40.2 Å². The quantitative estimate of drug-likeness (QED) is 0.716. The van der Waals surface area contributed by atoms with Crippen LogP contribution in [0.5, 0.6) is 0 Å². The van der Waals surface area contributed by atoms with Gasteiger partial charge in [-0.25, -0.2) is 0 Å². The molecule has 1 atom stereocenters. The van der Waals surface area contributed by atoms with Gasteiger partial charge in [-0.2, -0.15) is 0 Å². The number of carbonyl (C=O) groups is 1. The average Bonchev–Trinajstić information content (AvgIpc) is 3.24. The fraction of sp³-hybridized carbons (Fsp3) is 0.421. The van der Waals surface area contributed by atoms with Gasteiger partial charge >= 0.3 is 0 Å². The highest BCUT2D eigenvalue weighted by molar-refractivity contribution is 9.10. The number of anilines is 1. The van der Waals surface area contributed by atoms with Crippen molar-refractivity contribution in [2.24, 2.45) is 0 Å². The molecule has 1 aromatic carbocycles. The summed E-state index contributed by atoms with van der Waals surface area (Å²) < 4.78 is 6.66. The summed E-state index contributed by atoms with van der Waals surface area (Å²) in [7, 11) is 0. The van der Waals surface area contributed by atoms with Crippen molar-refractivity contribution in [3.63, 3.8) is 0 Å². The molecular formula is C19H23BrN2O2S. The largest absolute Gasteiger partial charge is 0.377 e. The maximum absolute atomic E-state index is 12.6. The summed E-state index contributed by atoms with van der Waals surface area (Å²) >= 11 is 5.24. The third-order valence-electron chi connectivity index (χ3n) is 4.21. The van der Waals surface area contributed by atoms with E-state index < -0.39 is 0 Å². The van der Waals surface area contributed by atoms with Crippen molar-refractivity contribution >= 4 is 38.9 Å². The topological polar surface area (TPSA) is 41.6 Å². The zero-order chi connectivity index (χ0) is 17.6. The average molecular weight is 423 g/mol. The normalized spacial score (nSPS) is 17.2. The molecule has 0 spiro atoms. The fourth-order valence-electron chi connectivity index (χ4n) is 3.00. The minimum absolute atomic E-state index is 0.000828. The Morgan fingerprint density at radius 2 is 2.32 bits per heavy atom. The summed E-state index contributed by atoms with van der Waals surface area (Å²) in [5, 5.41) is 5.08. The number of benzene rings is 1. The van der Waals surface area contributed by atoms with E-state index in [2.05, 4.69) is 37.6 Å². The number of rotatable bonds is 7. The first-order valence-corrected chi connectivity index (χ1v) is 10.2. The van der Waals surface area contributed by atoms with E-state index in [0.29, 0.717) is 6.54 Å². The molecule has 0 bridgehead atoms. The monoisotopic (exact) mass is 422 g/mol. The van der Waals surface area contributed by atoms with Gasteiger partial charge in [-0.05, 0) is 64.8 Å². The number of carbonyl (C=O) groups excluding carboxylic acids is 1. The second kappa shape index (κ2) is 8.94. The first kappa shape index (κ1) is 18.6. The number of thiophene rings is 1. The fourth-order valence-corrected chi connectivity index (χ4v) is 4.34. The van der Waals surface area contributed by atoms with Crippen LogP contribution in [0, 0.1) is 6.92 Å². The van der Waals surface area contributed by atoms with E-state index in [1.807, 2.05) is 31.2 Å². The van der Waals surface area contributed by atoms with Crippen LogP contribution < -0.4 is 5.32 Å². The minimum atomic E-state index is -0.000828. The van der Waals surface area contributed by atoms with Crippen LogP contribution in [0.25, 0.3) is 0 Å². The van der Waals surface area contributed by atoms with Crippen LogP contribution in [0.2, 0.25) is 0 Å². The second-order valence-electron chi connectivity index (χ2n) is 6.42. The number of nitrogens with zero attached hydrogens (tertiary/aromatic N) is 1. The highest BCUT2D eigenvalue weighted by Gasteiger charge is 2.21. The Morgan fingerprint density at radius 3 is 3.00 bits per heavy atom. The van der Waals surface area contributed by atoms with Crippen molar-refractivity contribution in [2.75, 3.05) is 25.0 Å². The lowest BCUT2D eigenvalue weighted by Crippen LogP contribution is -2.37. The minimum Gasteiger partial charge on any atom is -0.377 e. The molecule has 1 aliphatic rings. The molecule has 2 heterocycles. The lowest BCUT2D eigenvalue weighted by molar-refractivity contribution is -0.117. The molecule has 1 N–H and O–H groups in total. The van der Waals surface area contributed by atoms with E-state index in [1.165, 1.54) is 4.88 Å². The summed E-state index contributed by atoms with van der Waals surface area (Å²) in [5.41, 5.74) is 1.96. The summed E-state index contributed by atoms with van der Waals surface area (Å²) in [6, 6.07) is 10.1. The van der Waals surface area contributed by atoms with Crippen molar-refractivity contribution in [1.82, 2.24) is 4.90 Å². The van der Waals surface area contributed by atoms with Crippen LogP contribution in [0.4, 0.5) is 5.69 Å². The number of hydrogen-bond donors (Lipinski definition) is 1. The predicted octanol–water partition coefficient (Wildman–Crippen LogP) is 4.44. The number of amides is 1. The van der Waals surface area contributed by atoms with E-state index in [4.69, 9.17) is 4.74 Å². The number of halogens is 1. The van der Waals surface area contributed by atoms with E-state index in [0.717, 1.165) is 48.3 Å². The Hall–Kier alpha value is -1.21. The van der Waals surface area contributed by atoms with Gasteiger partial charge in [0, 0.05) is 29.0 Å². The van der Waals surface area contributed by atoms with Crippen LogP contribution in [0.3, 0.4) is 0 Å². The van der Waals surface area contributed by atoms with Crippen molar-refractivity contribution < 1.29 is 9.53 Å². The van der Waals surface area contributed by atoms with E-state index in [-0.39, 0.29) is 12.0 Å². The maximum Gasteiger partial charge on any atom is 0.238 e. The van der Waals surface area contributed by atoms with Crippen LogP contribution >= 0.6 is 27.3 Å². The van der Waals surface area contributed by atoms with Crippen LogP contribution in [-0.2, 0) is 16.1 Å². The molecular weight excluding hydrogens is 400 g/mol. The molecule has 134 valence electrons. The Bertz CT molecular complexity index is 699. The van der Waals surface area contributed by atoms with Crippen molar-refractivity contribution in [1.29, 1.82) is 0 Å². The molecule has 4 nitrogen and oxygen atoms in total. The highest BCUT2D eigenvalue weighted by atomic mass is 79.9. The van der Waals surface area contributed by atoms with E-state index in [9.17, 15) is 4.79 Å². The third-order valence-corrected chi connectivity index (χ3v) is 5.73. The third kappa shape index (κ3) is 5.64. The van der Waals surface area contributed by atoms with Gasteiger partial charge in [-0.15, -0.1) is 11.3 Å². The lowest BCUT2D eigenvalue weighted by Gasteiger charge is -2.24. The van der Waals surface area contributed by atoms with Gasteiger partial charge in [0.1, 0.15) is 0 Å². The smallest absolute Gasteiger partial charge is 0.238 e. The summed E-state index contributed by atoms with van der Waals surface area (Å²) in [4.78, 5) is 16.0. The highest BCUT2D eigenvalue weighted by Crippen LogP contribution is 2.23. The number of ether oxygens (including phenoxy) is 1. The lowest BCUT2D eigenvalue weighted by atomic mass is 10.2. The van der Waals surface area contributed by atoms with Gasteiger partial charge < -0.3 is 10.1 Å². The first-order chi connectivity index (χ1) is 12.1. The van der Waals surface area contributed by atoms with Gasteiger partial charge in [0.2, 0.25) is 5.91 Å². The van der Waals surface area contributed by atoms with Crippen molar-refractivity contribution in [3.8, 4) is 0 Å². The predicted molar refractivity (Wildman–Crippen MR) is 106 cm³/mol. The van der Waals surface area contributed by atoms with Gasteiger partial charge in [0.25, 0.3) is 0 Å². The number of aryl methyl sites for hydroxylation is 1. The summed E-state index contributed by atoms with van der Waals surface area (Å²) in [6.07, 6.45) is 2.42. The molecule has 1 aliphatic heterocycles. The molecule has 1 amide bonds. The Morgan fingerprint density at radius 1 is 1.44 bits per heavy atom. The van der Waals surface area contributed by atoms with Crippen LogP contribution in [0.1, 0.15) is 23.3 Å². The molecule has 3 rings (SSSR count). The summed E-state index contributed by atoms with van der Waals surface area (Å²) in [6.45, 7) is 4.79. The van der Waals surface area contributed by atoms with E-state index >= 15 is 0 Å². The number of hydrogen-bond acceptors (Lipinski definition) is 4. The molecule has 1 saturated heterocycles. The van der Waals surface area contributed by atoms with Gasteiger partial charge in [0.05, 0.1) is 18.3 Å². The van der Waals surface area contributed by atoms with Gasteiger partial charge in [-0.1, -0.05) is 12.1 Å². The molecule has 1 aromatic heterocycles. The first-order valence-electron chi connectivity index (χ1n) is 8.52. The molecule has 6 heteroatoms.